The van der Waals surface area contributed by atoms with Gasteiger partial charge in [0.05, 0.1) is 10.7 Å². The first-order valence-electron chi connectivity index (χ1n) is 9.99. The molecule has 2 aliphatic rings. The van der Waals surface area contributed by atoms with Crippen molar-refractivity contribution in [3.8, 4) is 10.6 Å². The first-order chi connectivity index (χ1) is 13.5. The molecule has 150 valence electrons. The lowest BCUT2D eigenvalue weighted by atomic mass is 10.00. The van der Waals surface area contributed by atoms with Gasteiger partial charge in [0, 0.05) is 24.7 Å². The van der Waals surface area contributed by atoms with Gasteiger partial charge in [-0.15, -0.1) is 11.3 Å². The van der Waals surface area contributed by atoms with Crippen molar-refractivity contribution in [3.05, 3.63) is 39.6 Å². The van der Waals surface area contributed by atoms with Crippen LogP contribution in [-0.4, -0.2) is 52.9 Å². The van der Waals surface area contributed by atoms with Crippen LogP contribution in [0.2, 0.25) is 5.02 Å². The number of carbonyl (C=O) groups excluding carboxylic acids is 1. The number of halogens is 2. The van der Waals surface area contributed by atoms with Crippen LogP contribution in [0, 0.1) is 12.7 Å². The number of aromatic nitrogens is 1. The molecule has 0 N–H and O–H groups in total. The van der Waals surface area contributed by atoms with E-state index < -0.39 is 5.82 Å². The van der Waals surface area contributed by atoms with E-state index in [0.717, 1.165) is 25.9 Å². The number of amides is 1. The molecule has 0 saturated carbocycles. The SMILES string of the molecule is Cc1nc(-c2ccc(Cl)c(F)c2)sc1C(=O)N1CCC(N2CCCCC2)CC1. The maximum atomic E-state index is 13.8. The number of hydrogen-bond acceptors (Lipinski definition) is 4. The van der Waals surface area contributed by atoms with E-state index in [2.05, 4.69) is 9.88 Å². The number of nitrogens with zero attached hydrogens (tertiary/aromatic N) is 3. The zero-order chi connectivity index (χ0) is 19.7. The number of likely N-dealkylation sites (tertiary alicyclic amines) is 2. The smallest absolute Gasteiger partial charge is 0.265 e. The number of thiazole rings is 1. The summed E-state index contributed by atoms with van der Waals surface area (Å²) in [7, 11) is 0. The van der Waals surface area contributed by atoms with Gasteiger partial charge in [-0.25, -0.2) is 9.37 Å². The molecular formula is C21H25ClFN3OS. The van der Waals surface area contributed by atoms with Gasteiger partial charge in [-0.05, 0) is 57.8 Å². The first kappa shape index (κ1) is 19.8. The molecule has 0 radical (unpaired) electrons. The van der Waals surface area contributed by atoms with E-state index in [-0.39, 0.29) is 10.9 Å². The van der Waals surface area contributed by atoms with Crippen LogP contribution in [0.25, 0.3) is 10.6 Å². The van der Waals surface area contributed by atoms with Crippen LogP contribution in [0.15, 0.2) is 18.2 Å². The lowest BCUT2D eigenvalue weighted by Gasteiger charge is -2.40. The average molecular weight is 422 g/mol. The maximum Gasteiger partial charge on any atom is 0.265 e. The Bertz CT molecular complexity index is 857. The molecule has 1 aromatic carbocycles. The molecule has 1 amide bonds. The zero-order valence-electron chi connectivity index (χ0n) is 16.1. The number of carbonyl (C=O) groups is 1. The Morgan fingerprint density at radius 2 is 1.89 bits per heavy atom. The van der Waals surface area contributed by atoms with Crippen LogP contribution >= 0.6 is 22.9 Å². The second kappa shape index (κ2) is 8.47. The van der Waals surface area contributed by atoms with Gasteiger partial charge in [0.2, 0.25) is 0 Å². The second-order valence-electron chi connectivity index (χ2n) is 7.68. The molecule has 7 heteroatoms. The quantitative estimate of drug-likeness (QED) is 0.699. The van der Waals surface area contributed by atoms with Gasteiger partial charge in [0.1, 0.15) is 15.7 Å². The minimum Gasteiger partial charge on any atom is -0.338 e. The number of hydrogen-bond donors (Lipinski definition) is 0. The number of aryl methyl sites for hydroxylation is 1. The maximum absolute atomic E-state index is 13.8. The van der Waals surface area contributed by atoms with E-state index in [1.807, 2.05) is 11.8 Å². The van der Waals surface area contributed by atoms with E-state index in [1.54, 1.807) is 6.07 Å². The molecule has 0 bridgehead atoms. The Kier molecular flexibility index (Phi) is 5.99. The number of rotatable bonds is 3. The zero-order valence-corrected chi connectivity index (χ0v) is 17.7. The van der Waals surface area contributed by atoms with Crippen LogP contribution in [0.1, 0.15) is 47.5 Å². The van der Waals surface area contributed by atoms with Crippen molar-refractivity contribution in [1.29, 1.82) is 0 Å². The van der Waals surface area contributed by atoms with Crippen LogP contribution in [0.3, 0.4) is 0 Å². The molecule has 28 heavy (non-hydrogen) atoms. The molecule has 0 aliphatic carbocycles. The van der Waals surface area contributed by atoms with Gasteiger partial charge >= 0.3 is 0 Å². The predicted molar refractivity (Wildman–Crippen MR) is 112 cm³/mol. The van der Waals surface area contributed by atoms with Crippen molar-refractivity contribution in [2.75, 3.05) is 26.2 Å². The summed E-state index contributed by atoms with van der Waals surface area (Å²) in [6.07, 6.45) is 6.02. The summed E-state index contributed by atoms with van der Waals surface area (Å²) in [6.45, 7) is 5.84. The summed E-state index contributed by atoms with van der Waals surface area (Å²) in [6, 6.07) is 5.25. The first-order valence-corrected chi connectivity index (χ1v) is 11.2. The summed E-state index contributed by atoms with van der Waals surface area (Å²) in [5.41, 5.74) is 1.36. The van der Waals surface area contributed by atoms with Crippen molar-refractivity contribution in [1.82, 2.24) is 14.8 Å². The summed E-state index contributed by atoms with van der Waals surface area (Å²) in [5, 5.41) is 0.740. The lowest BCUT2D eigenvalue weighted by molar-refractivity contribution is 0.0593. The molecule has 2 saturated heterocycles. The topological polar surface area (TPSA) is 36.4 Å². The largest absolute Gasteiger partial charge is 0.338 e. The molecule has 0 unspecified atom stereocenters. The van der Waals surface area contributed by atoms with Gasteiger partial charge in [-0.3, -0.25) is 4.79 Å². The fraction of sp³-hybridized carbons (Fsp3) is 0.524. The van der Waals surface area contributed by atoms with E-state index in [4.69, 9.17) is 11.6 Å². The van der Waals surface area contributed by atoms with Crippen molar-refractivity contribution in [3.63, 3.8) is 0 Å². The molecule has 0 atom stereocenters. The summed E-state index contributed by atoms with van der Waals surface area (Å²) in [4.78, 5) is 22.8. The summed E-state index contributed by atoms with van der Waals surface area (Å²) in [5.74, 6) is -0.424. The van der Waals surface area contributed by atoms with Crippen molar-refractivity contribution in [2.45, 2.75) is 45.1 Å². The van der Waals surface area contributed by atoms with E-state index >= 15 is 0 Å². The molecule has 3 heterocycles. The van der Waals surface area contributed by atoms with E-state index in [1.165, 1.54) is 55.8 Å². The van der Waals surface area contributed by atoms with Crippen LogP contribution in [0.5, 0.6) is 0 Å². The third-order valence-corrected chi connectivity index (χ3v) is 7.32. The van der Waals surface area contributed by atoms with Gasteiger partial charge in [0.15, 0.2) is 0 Å². The Morgan fingerprint density at radius 1 is 1.18 bits per heavy atom. The fourth-order valence-corrected chi connectivity index (χ4v) is 5.36. The van der Waals surface area contributed by atoms with Gasteiger partial charge in [-0.1, -0.05) is 24.1 Å². The highest BCUT2D eigenvalue weighted by Crippen LogP contribution is 2.31. The highest BCUT2D eigenvalue weighted by atomic mass is 35.5. The summed E-state index contributed by atoms with van der Waals surface area (Å²) < 4.78 is 13.8. The molecule has 4 nitrogen and oxygen atoms in total. The van der Waals surface area contributed by atoms with E-state index in [9.17, 15) is 9.18 Å². The Labute approximate surface area is 174 Å². The van der Waals surface area contributed by atoms with Crippen LogP contribution in [0.4, 0.5) is 4.39 Å². The van der Waals surface area contributed by atoms with Crippen LogP contribution in [-0.2, 0) is 0 Å². The third-order valence-electron chi connectivity index (χ3n) is 5.82. The average Bonchev–Trinajstić information content (AvgIpc) is 3.12. The lowest BCUT2D eigenvalue weighted by Crippen LogP contribution is -2.48. The molecule has 4 rings (SSSR count). The third kappa shape index (κ3) is 4.09. The van der Waals surface area contributed by atoms with Gasteiger partial charge < -0.3 is 9.80 Å². The number of benzene rings is 1. The van der Waals surface area contributed by atoms with Gasteiger partial charge in [-0.2, -0.15) is 0 Å². The molecule has 2 aromatic rings. The monoisotopic (exact) mass is 421 g/mol. The van der Waals surface area contributed by atoms with Crippen LogP contribution < -0.4 is 0 Å². The van der Waals surface area contributed by atoms with Crippen molar-refractivity contribution < 1.29 is 9.18 Å². The molecule has 0 spiro atoms. The highest BCUT2D eigenvalue weighted by Gasteiger charge is 2.29. The minimum absolute atomic E-state index is 0.0489. The van der Waals surface area contributed by atoms with E-state index in [0.29, 0.717) is 27.2 Å². The number of piperidine rings is 2. The van der Waals surface area contributed by atoms with Crippen molar-refractivity contribution in [2.24, 2.45) is 0 Å². The predicted octanol–water partition coefficient (Wildman–Crippen LogP) is 5.00. The normalized spacial score (nSPS) is 19.2. The highest BCUT2D eigenvalue weighted by molar-refractivity contribution is 7.17. The Morgan fingerprint density at radius 3 is 2.57 bits per heavy atom. The molecular weight excluding hydrogens is 397 g/mol. The second-order valence-corrected chi connectivity index (χ2v) is 9.09. The summed E-state index contributed by atoms with van der Waals surface area (Å²) >= 11 is 7.10. The van der Waals surface area contributed by atoms with Crippen molar-refractivity contribution >= 4 is 28.8 Å². The molecule has 2 fully saturated rings. The standard InChI is InChI=1S/C21H25ClFN3OS/c1-14-19(28-20(24-14)15-5-6-17(22)18(23)13-15)21(27)26-11-7-16(8-12-26)25-9-3-2-4-10-25/h5-6,13,16H,2-4,7-12H2,1H3. The minimum atomic E-state index is -0.473. The van der Waals surface area contributed by atoms with Gasteiger partial charge in [0.25, 0.3) is 5.91 Å². The Balaban J connectivity index is 1.44. The fourth-order valence-electron chi connectivity index (χ4n) is 4.21. The Hall–Kier alpha value is -1.50. The molecule has 1 aromatic heterocycles. The molecule has 2 aliphatic heterocycles.